The van der Waals surface area contributed by atoms with Crippen molar-refractivity contribution < 1.29 is 9.53 Å². The molecular weight excluding hydrogens is 216 g/mol. The fourth-order valence-electron chi connectivity index (χ4n) is 2.09. The lowest BCUT2D eigenvalue weighted by molar-refractivity contribution is 0.0899. The lowest BCUT2D eigenvalue weighted by Crippen LogP contribution is -2.33. The lowest BCUT2D eigenvalue weighted by atomic mass is 10.1. The van der Waals surface area contributed by atoms with E-state index in [1.807, 2.05) is 30.3 Å². The van der Waals surface area contributed by atoms with Gasteiger partial charge < -0.3 is 15.4 Å². The van der Waals surface area contributed by atoms with Crippen molar-refractivity contribution in [1.29, 1.82) is 0 Å². The van der Waals surface area contributed by atoms with Crippen LogP contribution in [0.2, 0.25) is 0 Å². The molecule has 1 aliphatic rings. The molecule has 1 aromatic rings. The number of likely N-dealkylation sites (tertiary alicyclic amines) is 1. The van der Waals surface area contributed by atoms with Crippen LogP contribution < -0.4 is 5.73 Å². The number of nitrogens with two attached hydrogens (primary N) is 1. The summed E-state index contributed by atoms with van der Waals surface area (Å²) in [7, 11) is 0. The van der Waals surface area contributed by atoms with E-state index < -0.39 is 0 Å². The number of hydrogen-bond donors (Lipinski definition) is 1. The van der Waals surface area contributed by atoms with Crippen LogP contribution in [0.5, 0.6) is 0 Å². The molecule has 17 heavy (non-hydrogen) atoms. The molecule has 0 bridgehead atoms. The van der Waals surface area contributed by atoms with Crippen LogP contribution in [0.4, 0.5) is 4.79 Å². The lowest BCUT2D eigenvalue weighted by Gasteiger charge is -2.13. The van der Waals surface area contributed by atoms with Gasteiger partial charge in [0.25, 0.3) is 0 Å². The summed E-state index contributed by atoms with van der Waals surface area (Å²) in [5.74, 6) is 0.422. The molecule has 4 nitrogen and oxygen atoms in total. The summed E-state index contributed by atoms with van der Waals surface area (Å²) in [5.41, 5.74) is 6.40. The highest BCUT2D eigenvalue weighted by Crippen LogP contribution is 2.16. The van der Waals surface area contributed by atoms with E-state index in [2.05, 4.69) is 0 Å². The molecule has 0 radical (unpaired) electrons. The molecule has 0 spiro atoms. The Balaban J connectivity index is 1.68. The Kier molecular flexibility index (Phi) is 3.98. The van der Waals surface area contributed by atoms with E-state index in [0.717, 1.165) is 19.5 Å². The van der Waals surface area contributed by atoms with Crippen molar-refractivity contribution >= 4 is 6.03 Å². The van der Waals surface area contributed by atoms with Crippen molar-refractivity contribution in [1.82, 2.24) is 4.90 Å². The number of nitrogens with zero attached hydrogens (tertiary/aromatic N) is 1. The van der Waals surface area contributed by atoms with Crippen LogP contribution >= 0.6 is 0 Å². The molecule has 1 aromatic carbocycles. The second kappa shape index (κ2) is 5.68. The largest absolute Gasteiger partial charge is 0.376 e. The minimum Gasteiger partial charge on any atom is -0.376 e. The third-order valence-electron chi connectivity index (χ3n) is 3.06. The summed E-state index contributed by atoms with van der Waals surface area (Å²) in [6, 6.07) is 9.77. The molecule has 2 N–H and O–H groups in total. The van der Waals surface area contributed by atoms with E-state index in [1.165, 1.54) is 5.56 Å². The molecule has 92 valence electrons. The fraction of sp³-hybridized carbons (Fsp3) is 0.462. The number of urea groups is 1. The van der Waals surface area contributed by atoms with Crippen LogP contribution in [-0.2, 0) is 11.3 Å². The maximum atomic E-state index is 10.9. The molecule has 1 unspecified atom stereocenters. The van der Waals surface area contributed by atoms with Gasteiger partial charge in [0, 0.05) is 19.0 Å². The number of rotatable bonds is 4. The molecule has 0 aliphatic carbocycles. The highest BCUT2D eigenvalue weighted by atomic mass is 16.5. The van der Waals surface area contributed by atoms with Gasteiger partial charge in [-0.2, -0.15) is 0 Å². The summed E-state index contributed by atoms with van der Waals surface area (Å²) >= 11 is 0. The van der Waals surface area contributed by atoms with Gasteiger partial charge in [-0.05, 0) is 12.0 Å². The zero-order valence-corrected chi connectivity index (χ0v) is 9.84. The molecule has 1 fully saturated rings. The van der Waals surface area contributed by atoms with E-state index in [0.29, 0.717) is 19.1 Å². The zero-order chi connectivity index (χ0) is 12.1. The van der Waals surface area contributed by atoms with Crippen molar-refractivity contribution in [3.63, 3.8) is 0 Å². The van der Waals surface area contributed by atoms with Gasteiger partial charge in [-0.3, -0.25) is 0 Å². The highest BCUT2D eigenvalue weighted by Gasteiger charge is 2.24. The molecule has 1 atom stereocenters. The number of hydrogen-bond acceptors (Lipinski definition) is 2. The SMILES string of the molecule is NC(=O)N1CCC(COCc2ccccc2)C1. The van der Waals surface area contributed by atoms with Gasteiger partial charge in [-0.25, -0.2) is 4.79 Å². The van der Waals surface area contributed by atoms with Gasteiger partial charge >= 0.3 is 6.03 Å². The standard InChI is InChI=1S/C13H18N2O2/c14-13(16)15-7-6-12(8-15)10-17-9-11-4-2-1-3-5-11/h1-5,12H,6-10H2,(H2,14,16). The number of primary amides is 1. The normalized spacial score (nSPS) is 19.5. The number of ether oxygens (including phenoxy) is 1. The molecular formula is C13H18N2O2. The zero-order valence-electron chi connectivity index (χ0n) is 9.84. The third-order valence-corrected chi connectivity index (χ3v) is 3.06. The predicted molar refractivity (Wildman–Crippen MR) is 65.4 cm³/mol. The summed E-state index contributed by atoms with van der Waals surface area (Å²) < 4.78 is 5.65. The second-order valence-corrected chi connectivity index (χ2v) is 4.44. The van der Waals surface area contributed by atoms with Gasteiger partial charge in [0.2, 0.25) is 0 Å². The summed E-state index contributed by atoms with van der Waals surface area (Å²) in [6.45, 7) is 2.81. The first kappa shape index (κ1) is 11.9. The highest BCUT2D eigenvalue weighted by molar-refractivity contribution is 5.72. The summed E-state index contributed by atoms with van der Waals surface area (Å²) in [6.07, 6.45) is 0.984. The van der Waals surface area contributed by atoms with Crippen LogP contribution in [0, 0.1) is 5.92 Å². The Morgan fingerprint density at radius 3 is 2.82 bits per heavy atom. The maximum Gasteiger partial charge on any atom is 0.314 e. The Bertz CT molecular complexity index is 367. The quantitative estimate of drug-likeness (QED) is 0.860. The first-order valence-electron chi connectivity index (χ1n) is 5.92. The van der Waals surface area contributed by atoms with Crippen molar-refractivity contribution in [2.75, 3.05) is 19.7 Å². The van der Waals surface area contributed by atoms with E-state index >= 15 is 0 Å². The molecule has 0 aromatic heterocycles. The van der Waals surface area contributed by atoms with Crippen LogP contribution in [0.25, 0.3) is 0 Å². The van der Waals surface area contributed by atoms with Crippen LogP contribution in [-0.4, -0.2) is 30.6 Å². The Morgan fingerprint density at radius 1 is 1.41 bits per heavy atom. The smallest absolute Gasteiger partial charge is 0.314 e. The van der Waals surface area contributed by atoms with E-state index in [4.69, 9.17) is 10.5 Å². The number of benzene rings is 1. The van der Waals surface area contributed by atoms with Crippen LogP contribution in [0.3, 0.4) is 0 Å². The van der Waals surface area contributed by atoms with Crippen LogP contribution in [0.1, 0.15) is 12.0 Å². The summed E-state index contributed by atoms with van der Waals surface area (Å²) in [4.78, 5) is 12.6. The molecule has 4 heteroatoms. The van der Waals surface area contributed by atoms with E-state index in [1.54, 1.807) is 4.90 Å². The molecule has 0 saturated carbocycles. The van der Waals surface area contributed by atoms with Gasteiger partial charge in [0.15, 0.2) is 0 Å². The monoisotopic (exact) mass is 234 g/mol. The number of amides is 2. The second-order valence-electron chi connectivity index (χ2n) is 4.44. The number of carbonyl (C=O) groups excluding carboxylic acids is 1. The average molecular weight is 234 g/mol. The predicted octanol–water partition coefficient (Wildman–Crippen LogP) is 1.60. The minimum atomic E-state index is -0.324. The van der Waals surface area contributed by atoms with Crippen molar-refractivity contribution in [2.45, 2.75) is 13.0 Å². The Labute approximate surface area is 101 Å². The van der Waals surface area contributed by atoms with Crippen LogP contribution in [0.15, 0.2) is 30.3 Å². The Hall–Kier alpha value is -1.55. The van der Waals surface area contributed by atoms with Gasteiger partial charge in [-0.15, -0.1) is 0 Å². The fourth-order valence-corrected chi connectivity index (χ4v) is 2.09. The maximum absolute atomic E-state index is 10.9. The molecule has 2 amide bonds. The first-order chi connectivity index (χ1) is 8.25. The van der Waals surface area contributed by atoms with Crippen molar-refractivity contribution in [3.05, 3.63) is 35.9 Å². The topological polar surface area (TPSA) is 55.6 Å². The van der Waals surface area contributed by atoms with Gasteiger partial charge in [0.05, 0.1) is 13.2 Å². The van der Waals surface area contributed by atoms with Gasteiger partial charge in [0.1, 0.15) is 0 Å². The third kappa shape index (κ3) is 3.46. The first-order valence-corrected chi connectivity index (χ1v) is 5.92. The summed E-state index contributed by atoms with van der Waals surface area (Å²) in [5, 5.41) is 0. The van der Waals surface area contributed by atoms with E-state index in [-0.39, 0.29) is 6.03 Å². The van der Waals surface area contributed by atoms with Gasteiger partial charge in [-0.1, -0.05) is 30.3 Å². The van der Waals surface area contributed by atoms with Crippen molar-refractivity contribution in [2.24, 2.45) is 11.7 Å². The number of carbonyl (C=O) groups is 1. The molecule has 1 saturated heterocycles. The average Bonchev–Trinajstić information content (AvgIpc) is 2.79. The van der Waals surface area contributed by atoms with E-state index in [9.17, 15) is 4.79 Å². The molecule has 2 rings (SSSR count). The minimum absolute atomic E-state index is 0.324. The van der Waals surface area contributed by atoms with Crippen molar-refractivity contribution in [3.8, 4) is 0 Å². The Morgan fingerprint density at radius 2 is 2.18 bits per heavy atom. The molecule has 1 aliphatic heterocycles. The molecule has 1 heterocycles.